The van der Waals surface area contributed by atoms with E-state index in [9.17, 15) is 13.2 Å². The average Bonchev–Trinajstić information content (AvgIpc) is 2.49. The first kappa shape index (κ1) is 16.8. The number of nitrogens with one attached hydrogen (secondary N) is 2. The van der Waals surface area contributed by atoms with Crippen molar-refractivity contribution < 1.29 is 17.9 Å². The van der Waals surface area contributed by atoms with Crippen LogP contribution in [0.1, 0.15) is 6.92 Å². The van der Waals surface area contributed by atoms with E-state index in [1.54, 1.807) is 36.4 Å². The molecule has 2 amide bonds. The molecule has 2 aromatic rings. The molecule has 0 spiro atoms. The largest absolute Gasteiger partial charge is 0.492 e. The molecule has 0 aliphatic carbocycles. The molecular formula is C16H18N2O4S. The molecule has 0 aromatic heterocycles. The van der Waals surface area contributed by atoms with Gasteiger partial charge in [0.05, 0.1) is 22.9 Å². The number of para-hydroxylation sites is 3. The van der Waals surface area contributed by atoms with Gasteiger partial charge < -0.3 is 15.4 Å². The Morgan fingerprint density at radius 3 is 2.22 bits per heavy atom. The number of benzene rings is 2. The van der Waals surface area contributed by atoms with Crippen LogP contribution in [0.4, 0.5) is 16.2 Å². The van der Waals surface area contributed by atoms with E-state index in [4.69, 9.17) is 4.74 Å². The molecular weight excluding hydrogens is 316 g/mol. The number of carbonyl (C=O) groups excluding carboxylic acids is 1. The molecule has 2 aromatic carbocycles. The molecule has 0 saturated heterocycles. The van der Waals surface area contributed by atoms with Crippen LogP contribution in [0.5, 0.6) is 5.75 Å². The van der Waals surface area contributed by atoms with E-state index in [-0.39, 0.29) is 10.6 Å². The normalized spacial score (nSPS) is 10.9. The Bertz CT molecular complexity index is 803. The van der Waals surface area contributed by atoms with Crippen molar-refractivity contribution >= 4 is 27.2 Å². The van der Waals surface area contributed by atoms with Crippen LogP contribution in [0.2, 0.25) is 0 Å². The predicted molar refractivity (Wildman–Crippen MR) is 89.8 cm³/mol. The fourth-order valence-electron chi connectivity index (χ4n) is 2.02. The lowest BCUT2D eigenvalue weighted by molar-refractivity contribution is 0.262. The van der Waals surface area contributed by atoms with E-state index in [0.717, 1.165) is 6.26 Å². The maximum absolute atomic E-state index is 12.1. The van der Waals surface area contributed by atoms with Gasteiger partial charge in [-0.15, -0.1) is 0 Å². The van der Waals surface area contributed by atoms with Crippen LogP contribution in [0.15, 0.2) is 53.4 Å². The number of sulfone groups is 1. The minimum Gasteiger partial charge on any atom is -0.492 e. The Kier molecular flexibility index (Phi) is 5.23. The Morgan fingerprint density at radius 1 is 1.00 bits per heavy atom. The molecule has 0 radical (unpaired) electrons. The molecule has 2 rings (SSSR count). The number of anilines is 2. The number of carbonyl (C=O) groups is 1. The molecule has 23 heavy (non-hydrogen) atoms. The van der Waals surface area contributed by atoms with Gasteiger partial charge in [0, 0.05) is 6.26 Å². The van der Waals surface area contributed by atoms with Gasteiger partial charge in [-0.1, -0.05) is 24.3 Å². The van der Waals surface area contributed by atoms with Crippen molar-refractivity contribution in [2.24, 2.45) is 0 Å². The first-order valence-electron chi connectivity index (χ1n) is 7.00. The second kappa shape index (κ2) is 7.15. The number of ether oxygens (including phenoxy) is 1. The van der Waals surface area contributed by atoms with Crippen molar-refractivity contribution in [3.05, 3.63) is 48.5 Å². The van der Waals surface area contributed by atoms with Gasteiger partial charge in [0.1, 0.15) is 5.75 Å². The smallest absolute Gasteiger partial charge is 0.323 e. The molecule has 0 fully saturated rings. The molecule has 0 unspecified atom stereocenters. The van der Waals surface area contributed by atoms with Crippen LogP contribution in [0, 0.1) is 0 Å². The lowest BCUT2D eigenvalue weighted by Gasteiger charge is -2.13. The quantitative estimate of drug-likeness (QED) is 0.880. The van der Waals surface area contributed by atoms with Gasteiger partial charge in [-0.25, -0.2) is 13.2 Å². The van der Waals surface area contributed by atoms with Crippen LogP contribution in [-0.4, -0.2) is 27.3 Å². The third kappa shape index (κ3) is 4.46. The van der Waals surface area contributed by atoms with Gasteiger partial charge >= 0.3 is 6.03 Å². The van der Waals surface area contributed by atoms with Crippen molar-refractivity contribution in [3.8, 4) is 5.75 Å². The lowest BCUT2D eigenvalue weighted by Crippen LogP contribution is -2.21. The zero-order chi connectivity index (χ0) is 16.9. The van der Waals surface area contributed by atoms with Crippen LogP contribution < -0.4 is 15.4 Å². The van der Waals surface area contributed by atoms with Crippen LogP contribution in [0.25, 0.3) is 0 Å². The van der Waals surface area contributed by atoms with Gasteiger partial charge in [-0.05, 0) is 31.2 Å². The van der Waals surface area contributed by atoms with E-state index >= 15 is 0 Å². The van der Waals surface area contributed by atoms with Crippen molar-refractivity contribution in [2.75, 3.05) is 23.5 Å². The topological polar surface area (TPSA) is 84.5 Å². The summed E-state index contributed by atoms with van der Waals surface area (Å²) >= 11 is 0. The monoisotopic (exact) mass is 334 g/mol. The fourth-order valence-corrected chi connectivity index (χ4v) is 2.86. The summed E-state index contributed by atoms with van der Waals surface area (Å²) in [5.74, 6) is 0.543. The molecule has 7 heteroatoms. The van der Waals surface area contributed by atoms with Gasteiger partial charge in [-0.3, -0.25) is 0 Å². The minimum atomic E-state index is -3.44. The number of amides is 2. The van der Waals surface area contributed by atoms with E-state index in [0.29, 0.717) is 18.0 Å². The second-order valence-corrected chi connectivity index (χ2v) is 6.76. The molecule has 6 nitrogen and oxygen atoms in total. The summed E-state index contributed by atoms with van der Waals surface area (Å²) in [5.41, 5.74) is 0.727. The van der Waals surface area contributed by atoms with E-state index in [1.807, 2.05) is 6.92 Å². The number of urea groups is 1. The molecule has 0 bridgehead atoms. The number of rotatable bonds is 5. The second-order valence-electron chi connectivity index (χ2n) is 4.78. The van der Waals surface area contributed by atoms with Crippen molar-refractivity contribution in [2.45, 2.75) is 11.8 Å². The Morgan fingerprint density at radius 2 is 1.57 bits per heavy atom. The average molecular weight is 334 g/mol. The van der Waals surface area contributed by atoms with E-state index in [1.165, 1.54) is 12.1 Å². The zero-order valence-electron chi connectivity index (χ0n) is 12.9. The number of hydrogen-bond acceptors (Lipinski definition) is 4. The van der Waals surface area contributed by atoms with Gasteiger partial charge in [0.25, 0.3) is 0 Å². The highest BCUT2D eigenvalue weighted by Crippen LogP contribution is 2.25. The molecule has 0 saturated carbocycles. The highest BCUT2D eigenvalue weighted by Gasteiger charge is 2.15. The SMILES string of the molecule is CCOc1ccccc1NC(=O)Nc1ccccc1S(C)(=O)=O. The summed E-state index contributed by atoms with van der Waals surface area (Å²) in [6.07, 6.45) is 1.09. The molecule has 0 heterocycles. The van der Waals surface area contributed by atoms with Crippen molar-refractivity contribution in [3.63, 3.8) is 0 Å². The van der Waals surface area contributed by atoms with Gasteiger partial charge in [0.15, 0.2) is 9.84 Å². The van der Waals surface area contributed by atoms with E-state index in [2.05, 4.69) is 10.6 Å². The molecule has 0 aliphatic rings. The fraction of sp³-hybridized carbons (Fsp3) is 0.188. The third-order valence-electron chi connectivity index (χ3n) is 2.97. The third-order valence-corrected chi connectivity index (χ3v) is 4.12. The molecule has 122 valence electrons. The predicted octanol–water partition coefficient (Wildman–Crippen LogP) is 3.13. The zero-order valence-corrected chi connectivity index (χ0v) is 13.7. The van der Waals surface area contributed by atoms with Crippen LogP contribution in [0.3, 0.4) is 0 Å². The van der Waals surface area contributed by atoms with E-state index < -0.39 is 15.9 Å². The summed E-state index contributed by atoms with van der Waals surface area (Å²) in [7, 11) is -3.44. The number of hydrogen-bond donors (Lipinski definition) is 2. The maximum atomic E-state index is 12.1. The summed E-state index contributed by atoms with van der Waals surface area (Å²) in [6, 6.07) is 12.7. The summed E-state index contributed by atoms with van der Waals surface area (Å²) < 4.78 is 28.9. The van der Waals surface area contributed by atoms with Crippen LogP contribution in [-0.2, 0) is 9.84 Å². The minimum absolute atomic E-state index is 0.0632. The summed E-state index contributed by atoms with van der Waals surface area (Å²) in [4.78, 5) is 12.2. The van der Waals surface area contributed by atoms with Gasteiger partial charge in [-0.2, -0.15) is 0 Å². The Labute approximate surface area is 135 Å². The maximum Gasteiger partial charge on any atom is 0.323 e. The van der Waals surface area contributed by atoms with Crippen LogP contribution >= 0.6 is 0 Å². The first-order valence-corrected chi connectivity index (χ1v) is 8.90. The summed E-state index contributed by atoms with van der Waals surface area (Å²) in [6.45, 7) is 2.32. The Balaban J connectivity index is 2.19. The first-order chi connectivity index (χ1) is 10.9. The van der Waals surface area contributed by atoms with Gasteiger partial charge in [0.2, 0.25) is 0 Å². The standard InChI is InChI=1S/C16H18N2O4S/c1-3-22-14-10-6-4-8-12(14)17-16(19)18-13-9-5-7-11-15(13)23(2,20)21/h4-11H,3H2,1-2H3,(H2,17,18,19). The molecule has 0 aliphatic heterocycles. The van der Waals surface area contributed by atoms with Crippen molar-refractivity contribution in [1.82, 2.24) is 0 Å². The highest BCUT2D eigenvalue weighted by molar-refractivity contribution is 7.90. The summed E-state index contributed by atoms with van der Waals surface area (Å²) in [5, 5.41) is 5.20. The lowest BCUT2D eigenvalue weighted by atomic mass is 10.3. The molecule has 2 N–H and O–H groups in total. The molecule has 0 atom stereocenters. The van der Waals surface area contributed by atoms with Crippen molar-refractivity contribution in [1.29, 1.82) is 0 Å². The Hall–Kier alpha value is -2.54. The highest BCUT2D eigenvalue weighted by atomic mass is 32.2.